The smallest absolute Gasteiger partial charge is 0.0802 e. The summed E-state index contributed by atoms with van der Waals surface area (Å²) < 4.78 is 1.06. The predicted octanol–water partition coefficient (Wildman–Crippen LogP) is 3.21. The lowest BCUT2D eigenvalue weighted by molar-refractivity contribution is 0.148. The van der Waals surface area contributed by atoms with E-state index < -0.39 is 0 Å². The molecule has 0 aliphatic carbocycles. The SMILES string of the molecule is CC1CCN(CCC(O)c2ccc(Br)cc2)C1. The predicted molar refractivity (Wildman–Crippen MR) is 73.9 cm³/mol. The Morgan fingerprint density at radius 3 is 2.71 bits per heavy atom. The zero-order chi connectivity index (χ0) is 12.3. The monoisotopic (exact) mass is 297 g/mol. The molecule has 2 nitrogen and oxygen atoms in total. The van der Waals surface area contributed by atoms with Gasteiger partial charge >= 0.3 is 0 Å². The molecule has 94 valence electrons. The van der Waals surface area contributed by atoms with Crippen molar-refractivity contribution >= 4 is 15.9 Å². The van der Waals surface area contributed by atoms with E-state index in [1.807, 2.05) is 24.3 Å². The van der Waals surface area contributed by atoms with Gasteiger partial charge < -0.3 is 10.0 Å². The van der Waals surface area contributed by atoms with E-state index in [2.05, 4.69) is 27.8 Å². The van der Waals surface area contributed by atoms with Crippen LogP contribution in [0, 0.1) is 5.92 Å². The van der Waals surface area contributed by atoms with Crippen LogP contribution >= 0.6 is 15.9 Å². The second-order valence-corrected chi connectivity index (χ2v) is 5.97. The van der Waals surface area contributed by atoms with Gasteiger partial charge in [-0.15, -0.1) is 0 Å². The minimum atomic E-state index is -0.334. The van der Waals surface area contributed by atoms with Gasteiger partial charge in [-0.1, -0.05) is 35.0 Å². The summed E-state index contributed by atoms with van der Waals surface area (Å²) in [5.41, 5.74) is 1.01. The van der Waals surface area contributed by atoms with E-state index in [0.717, 1.165) is 28.9 Å². The molecular weight excluding hydrogens is 278 g/mol. The maximum Gasteiger partial charge on any atom is 0.0802 e. The zero-order valence-electron chi connectivity index (χ0n) is 10.3. The highest BCUT2D eigenvalue weighted by atomic mass is 79.9. The number of nitrogens with zero attached hydrogens (tertiary/aromatic N) is 1. The summed E-state index contributed by atoms with van der Waals surface area (Å²) in [6, 6.07) is 7.94. The summed E-state index contributed by atoms with van der Waals surface area (Å²) >= 11 is 3.40. The number of hydrogen-bond donors (Lipinski definition) is 1. The molecule has 1 fully saturated rings. The first-order valence-corrected chi connectivity index (χ1v) is 7.10. The molecule has 3 heteroatoms. The third-order valence-corrected chi connectivity index (χ3v) is 4.01. The van der Waals surface area contributed by atoms with E-state index in [1.54, 1.807) is 0 Å². The second kappa shape index (κ2) is 5.98. The number of benzene rings is 1. The van der Waals surface area contributed by atoms with Gasteiger partial charge in [-0.25, -0.2) is 0 Å². The average molecular weight is 298 g/mol. The Morgan fingerprint density at radius 2 is 2.12 bits per heavy atom. The maximum atomic E-state index is 10.1. The van der Waals surface area contributed by atoms with Gasteiger partial charge in [0.1, 0.15) is 0 Å². The third kappa shape index (κ3) is 3.80. The van der Waals surface area contributed by atoms with Crippen molar-refractivity contribution in [3.8, 4) is 0 Å². The minimum absolute atomic E-state index is 0.334. The van der Waals surface area contributed by atoms with Crippen LogP contribution in [-0.4, -0.2) is 29.6 Å². The number of hydrogen-bond acceptors (Lipinski definition) is 2. The number of rotatable bonds is 4. The molecular formula is C14H20BrNO. The topological polar surface area (TPSA) is 23.5 Å². The van der Waals surface area contributed by atoms with E-state index in [1.165, 1.54) is 19.5 Å². The quantitative estimate of drug-likeness (QED) is 0.922. The van der Waals surface area contributed by atoms with Gasteiger partial charge in [0.05, 0.1) is 6.10 Å². The molecule has 2 rings (SSSR count). The van der Waals surface area contributed by atoms with Crippen molar-refractivity contribution in [3.05, 3.63) is 34.3 Å². The minimum Gasteiger partial charge on any atom is -0.388 e. The Morgan fingerprint density at radius 1 is 1.41 bits per heavy atom. The highest BCUT2D eigenvalue weighted by Gasteiger charge is 2.19. The van der Waals surface area contributed by atoms with Gasteiger partial charge in [-0.3, -0.25) is 0 Å². The van der Waals surface area contributed by atoms with Gasteiger partial charge in [0.2, 0.25) is 0 Å². The van der Waals surface area contributed by atoms with Crippen LogP contribution in [0.15, 0.2) is 28.7 Å². The third-order valence-electron chi connectivity index (χ3n) is 3.48. The highest BCUT2D eigenvalue weighted by Crippen LogP contribution is 2.21. The summed E-state index contributed by atoms with van der Waals surface area (Å²) in [6.07, 6.45) is 1.79. The lowest BCUT2D eigenvalue weighted by Crippen LogP contribution is -2.23. The van der Waals surface area contributed by atoms with Crippen LogP contribution in [0.4, 0.5) is 0 Å². The zero-order valence-corrected chi connectivity index (χ0v) is 11.9. The maximum absolute atomic E-state index is 10.1. The molecule has 2 unspecified atom stereocenters. The van der Waals surface area contributed by atoms with Gasteiger partial charge in [-0.2, -0.15) is 0 Å². The number of halogens is 1. The van der Waals surface area contributed by atoms with Crippen LogP contribution < -0.4 is 0 Å². The van der Waals surface area contributed by atoms with Gasteiger partial charge in [0, 0.05) is 17.6 Å². The molecule has 0 radical (unpaired) electrons. The lowest BCUT2D eigenvalue weighted by atomic mass is 10.1. The summed E-state index contributed by atoms with van der Waals surface area (Å²) in [4.78, 5) is 2.45. The van der Waals surface area contributed by atoms with Crippen molar-refractivity contribution in [2.24, 2.45) is 5.92 Å². The van der Waals surface area contributed by atoms with E-state index in [9.17, 15) is 5.11 Å². The summed E-state index contributed by atoms with van der Waals surface area (Å²) in [5, 5.41) is 10.1. The van der Waals surface area contributed by atoms with E-state index in [0.29, 0.717) is 0 Å². The Bertz CT molecular complexity index is 352. The van der Waals surface area contributed by atoms with Crippen molar-refractivity contribution < 1.29 is 5.11 Å². The fourth-order valence-electron chi connectivity index (χ4n) is 2.39. The fourth-order valence-corrected chi connectivity index (χ4v) is 2.65. The number of aliphatic hydroxyl groups excluding tert-OH is 1. The summed E-state index contributed by atoms with van der Waals surface area (Å²) in [6.45, 7) is 5.67. The standard InChI is InChI=1S/C14H20BrNO/c1-11-6-8-16(10-11)9-7-14(17)12-2-4-13(15)5-3-12/h2-5,11,14,17H,6-10H2,1H3. The summed E-state index contributed by atoms with van der Waals surface area (Å²) in [7, 11) is 0. The molecule has 0 bridgehead atoms. The normalized spacial score (nSPS) is 22.9. The molecule has 1 aromatic rings. The molecule has 17 heavy (non-hydrogen) atoms. The fraction of sp³-hybridized carbons (Fsp3) is 0.571. The van der Waals surface area contributed by atoms with Gasteiger partial charge in [0.25, 0.3) is 0 Å². The van der Waals surface area contributed by atoms with Crippen LogP contribution in [0.5, 0.6) is 0 Å². The molecule has 1 aromatic carbocycles. The first-order valence-electron chi connectivity index (χ1n) is 6.31. The van der Waals surface area contributed by atoms with E-state index in [4.69, 9.17) is 0 Å². The Balaban J connectivity index is 1.81. The molecule has 1 aliphatic rings. The molecule has 1 aliphatic heterocycles. The molecule has 0 spiro atoms. The molecule has 1 N–H and O–H groups in total. The van der Waals surface area contributed by atoms with Crippen molar-refractivity contribution in [3.63, 3.8) is 0 Å². The molecule has 0 amide bonds. The Labute approximate surface area is 112 Å². The second-order valence-electron chi connectivity index (χ2n) is 5.05. The van der Waals surface area contributed by atoms with Crippen LogP contribution in [0.1, 0.15) is 31.4 Å². The first kappa shape index (κ1) is 13.1. The van der Waals surface area contributed by atoms with E-state index in [-0.39, 0.29) is 6.10 Å². The number of likely N-dealkylation sites (tertiary alicyclic amines) is 1. The first-order chi connectivity index (χ1) is 8.15. The van der Waals surface area contributed by atoms with Crippen LogP contribution in [0.25, 0.3) is 0 Å². The van der Waals surface area contributed by atoms with Crippen LogP contribution in [0.3, 0.4) is 0 Å². The highest BCUT2D eigenvalue weighted by molar-refractivity contribution is 9.10. The lowest BCUT2D eigenvalue weighted by Gasteiger charge is -2.18. The molecule has 1 saturated heterocycles. The van der Waals surface area contributed by atoms with Crippen molar-refractivity contribution in [1.29, 1.82) is 0 Å². The Kier molecular flexibility index (Phi) is 4.60. The van der Waals surface area contributed by atoms with Crippen molar-refractivity contribution in [2.75, 3.05) is 19.6 Å². The van der Waals surface area contributed by atoms with Crippen molar-refractivity contribution in [2.45, 2.75) is 25.9 Å². The number of aliphatic hydroxyl groups is 1. The van der Waals surface area contributed by atoms with Crippen molar-refractivity contribution in [1.82, 2.24) is 4.90 Å². The summed E-state index contributed by atoms with van der Waals surface area (Å²) in [5.74, 6) is 0.819. The largest absolute Gasteiger partial charge is 0.388 e. The van der Waals surface area contributed by atoms with E-state index >= 15 is 0 Å². The molecule has 1 heterocycles. The average Bonchev–Trinajstić information content (AvgIpc) is 2.73. The Hall–Kier alpha value is -0.380. The molecule has 2 atom stereocenters. The molecule has 0 aromatic heterocycles. The van der Waals surface area contributed by atoms with Gasteiger partial charge in [-0.05, 0) is 43.0 Å². The van der Waals surface area contributed by atoms with Gasteiger partial charge in [0.15, 0.2) is 0 Å². The molecule has 0 saturated carbocycles. The van der Waals surface area contributed by atoms with Crippen LogP contribution in [0.2, 0.25) is 0 Å². The van der Waals surface area contributed by atoms with Crippen LogP contribution in [-0.2, 0) is 0 Å².